The van der Waals surface area contributed by atoms with Crippen LogP contribution in [0.5, 0.6) is 0 Å². The third kappa shape index (κ3) is 4.60. The van der Waals surface area contributed by atoms with Crippen LogP contribution in [0.1, 0.15) is 68.9 Å². The highest BCUT2D eigenvalue weighted by Crippen LogP contribution is 2.55. The maximum atomic E-state index is 13.5. The van der Waals surface area contributed by atoms with Crippen molar-refractivity contribution >= 4 is 12.2 Å². The predicted octanol–water partition coefficient (Wildman–Crippen LogP) is 7.48. The molecule has 1 aliphatic heterocycles. The Hall–Kier alpha value is -2.55. The number of rotatable bonds is 6. The maximum absolute atomic E-state index is 13.5. The first-order valence-corrected chi connectivity index (χ1v) is 13.0. The minimum Gasteiger partial charge on any atom is -0.445 e. The number of hydrogen-bond acceptors (Lipinski definition) is 2. The third-order valence-electron chi connectivity index (χ3n) is 8.50. The molecule has 3 nitrogen and oxygen atoms in total. The fourth-order valence-corrected chi connectivity index (χ4v) is 7.01. The molecule has 2 aromatic rings. The van der Waals surface area contributed by atoms with Gasteiger partial charge in [-0.2, -0.15) is 0 Å². The molecule has 5 rings (SSSR count). The van der Waals surface area contributed by atoms with Crippen LogP contribution < -0.4 is 0 Å². The van der Waals surface area contributed by atoms with Crippen LogP contribution in [-0.2, 0) is 11.3 Å². The van der Waals surface area contributed by atoms with Gasteiger partial charge < -0.3 is 9.64 Å². The lowest BCUT2D eigenvalue weighted by molar-refractivity contribution is 0.0204. The summed E-state index contributed by atoms with van der Waals surface area (Å²) in [6.07, 6.45) is 15.9. The van der Waals surface area contributed by atoms with Crippen molar-refractivity contribution in [1.82, 2.24) is 4.90 Å². The van der Waals surface area contributed by atoms with Gasteiger partial charge in [-0.1, -0.05) is 98.5 Å². The molecule has 3 heteroatoms. The molecule has 2 aliphatic carbocycles. The second-order valence-electron chi connectivity index (χ2n) is 10.3. The van der Waals surface area contributed by atoms with Crippen molar-refractivity contribution in [3.8, 4) is 0 Å². The van der Waals surface area contributed by atoms with Gasteiger partial charge in [-0.15, -0.1) is 0 Å². The summed E-state index contributed by atoms with van der Waals surface area (Å²) in [5.41, 5.74) is 2.22. The van der Waals surface area contributed by atoms with Gasteiger partial charge in [0, 0.05) is 12.5 Å². The Kier molecular flexibility index (Phi) is 6.85. The lowest BCUT2D eigenvalue weighted by Gasteiger charge is -2.47. The first kappa shape index (κ1) is 22.3. The molecule has 1 saturated heterocycles. The molecule has 2 saturated carbocycles. The van der Waals surface area contributed by atoms with E-state index in [0.29, 0.717) is 24.4 Å². The number of likely N-dealkylation sites (tertiary alicyclic amines) is 1. The zero-order valence-electron chi connectivity index (χ0n) is 19.7. The fraction of sp³-hybridized carbons (Fsp3) is 0.500. The van der Waals surface area contributed by atoms with E-state index in [0.717, 1.165) is 24.9 Å². The minimum absolute atomic E-state index is 0.0823. The molecule has 0 N–H and O–H groups in total. The van der Waals surface area contributed by atoms with Gasteiger partial charge in [-0.25, -0.2) is 4.79 Å². The first-order chi connectivity index (χ1) is 16.3. The second-order valence-corrected chi connectivity index (χ2v) is 10.3. The molecule has 0 unspecified atom stereocenters. The van der Waals surface area contributed by atoms with E-state index in [1.165, 1.54) is 50.5 Å². The van der Waals surface area contributed by atoms with Crippen LogP contribution in [-0.4, -0.2) is 23.1 Å². The van der Waals surface area contributed by atoms with Crippen LogP contribution >= 0.6 is 0 Å². The lowest BCUT2D eigenvalue weighted by atomic mass is 9.66. The number of hydrogen-bond donors (Lipinski definition) is 0. The largest absolute Gasteiger partial charge is 0.445 e. The van der Waals surface area contributed by atoms with Gasteiger partial charge in [0.1, 0.15) is 6.61 Å². The van der Waals surface area contributed by atoms with Gasteiger partial charge >= 0.3 is 6.09 Å². The molecule has 3 atom stereocenters. The van der Waals surface area contributed by atoms with E-state index in [1.54, 1.807) is 0 Å². The Morgan fingerprint density at radius 3 is 2.42 bits per heavy atom. The molecule has 0 bridgehead atoms. The van der Waals surface area contributed by atoms with Crippen LogP contribution in [0.3, 0.4) is 0 Å². The summed E-state index contributed by atoms with van der Waals surface area (Å²) < 4.78 is 5.91. The van der Waals surface area contributed by atoms with E-state index in [2.05, 4.69) is 47.4 Å². The molecule has 3 aliphatic rings. The van der Waals surface area contributed by atoms with Crippen molar-refractivity contribution < 1.29 is 9.53 Å². The Labute approximate surface area is 198 Å². The van der Waals surface area contributed by atoms with Crippen molar-refractivity contribution in [1.29, 1.82) is 0 Å². The monoisotopic (exact) mass is 443 g/mol. The van der Waals surface area contributed by atoms with E-state index in [-0.39, 0.29) is 11.6 Å². The first-order valence-electron chi connectivity index (χ1n) is 13.0. The average molecular weight is 444 g/mol. The van der Waals surface area contributed by atoms with Crippen LogP contribution in [0.15, 0.2) is 66.7 Å². The Morgan fingerprint density at radius 1 is 0.939 bits per heavy atom. The molecular formula is C30H37NO2. The predicted molar refractivity (Wildman–Crippen MR) is 134 cm³/mol. The molecule has 2 aromatic carbocycles. The zero-order chi connectivity index (χ0) is 22.5. The highest BCUT2D eigenvalue weighted by atomic mass is 16.6. The number of amides is 1. The van der Waals surface area contributed by atoms with Gasteiger partial charge in [-0.05, 0) is 55.1 Å². The number of nitrogens with zero attached hydrogens (tertiary/aromatic N) is 1. The standard InChI is InChI=1S/C30H37NO2/c32-29(33-23-25-13-6-2-7-14-25)31-22-20-27-17-10-21-30(27,31)28(26-15-8-3-9-16-26)19-18-24-11-4-1-5-12-24/h1-2,4-7,11-14,18-19,26-28H,3,8-10,15-17,20-23H2/b19-18+/t27-,28-,30-/m0/s1. The van der Waals surface area contributed by atoms with Crippen LogP contribution in [0, 0.1) is 17.8 Å². The van der Waals surface area contributed by atoms with Gasteiger partial charge in [0.05, 0.1) is 5.54 Å². The van der Waals surface area contributed by atoms with Crippen LogP contribution in [0.2, 0.25) is 0 Å². The third-order valence-corrected chi connectivity index (χ3v) is 8.50. The second kappa shape index (κ2) is 10.2. The molecule has 174 valence electrons. The van der Waals surface area contributed by atoms with Crippen molar-refractivity contribution in [3.63, 3.8) is 0 Å². The van der Waals surface area contributed by atoms with E-state index in [1.807, 2.05) is 30.3 Å². The average Bonchev–Trinajstić information content (AvgIpc) is 3.44. The number of benzene rings is 2. The Bertz CT molecular complexity index is 934. The molecule has 0 spiro atoms. The molecule has 1 heterocycles. The van der Waals surface area contributed by atoms with Crippen LogP contribution in [0.25, 0.3) is 6.08 Å². The van der Waals surface area contributed by atoms with Crippen LogP contribution in [0.4, 0.5) is 4.79 Å². The molecule has 3 fully saturated rings. The quantitative estimate of drug-likeness (QED) is 0.463. The summed E-state index contributed by atoms with van der Waals surface area (Å²) in [5.74, 6) is 1.65. The van der Waals surface area contributed by atoms with E-state index in [9.17, 15) is 4.79 Å². The number of fused-ring (bicyclic) bond motifs is 1. The van der Waals surface area contributed by atoms with Gasteiger partial charge in [0.2, 0.25) is 0 Å². The molecule has 0 aromatic heterocycles. The van der Waals surface area contributed by atoms with Gasteiger partial charge in [0.15, 0.2) is 0 Å². The highest BCUT2D eigenvalue weighted by molar-refractivity contribution is 5.70. The summed E-state index contributed by atoms with van der Waals surface area (Å²) in [6.45, 7) is 1.19. The van der Waals surface area contributed by atoms with E-state index >= 15 is 0 Å². The lowest BCUT2D eigenvalue weighted by Crippen LogP contribution is -2.55. The molecule has 0 radical (unpaired) electrons. The molecule has 1 amide bonds. The Morgan fingerprint density at radius 2 is 1.67 bits per heavy atom. The normalized spacial score (nSPS) is 26.4. The fourth-order valence-electron chi connectivity index (χ4n) is 7.01. The van der Waals surface area contributed by atoms with Gasteiger partial charge in [0.25, 0.3) is 0 Å². The number of ether oxygens (including phenoxy) is 1. The summed E-state index contributed by atoms with van der Waals surface area (Å²) in [4.78, 5) is 15.7. The summed E-state index contributed by atoms with van der Waals surface area (Å²) >= 11 is 0. The number of carbonyl (C=O) groups excluding carboxylic acids is 1. The Balaban J connectivity index is 1.43. The van der Waals surface area contributed by atoms with Crippen molar-refractivity contribution in [2.45, 2.75) is 69.9 Å². The molecular weight excluding hydrogens is 406 g/mol. The van der Waals surface area contributed by atoms with E-state index in [4.69, 9.17) is 4.74 Å². The van der Waals surface area contributed by atoms with Crippen molar-refractivity contribution in [3.05, 3.63) is 77.9 Å². The smallest absolute Gasteiger partial charge is 0.410 e. The highest BCUT2D eigenvalue weighted by Gasteiger charge is 2.58. The summed E-state index contributed by atoms with van der Waals surface area (Å²) in [6, 6.07) is 20.7. The van der Waals surface area contributed by atoms with Crippen molar-refractivity contribution in [2.75, 3.05) is 6.54 Å². The summed E-state index contributed by atoms with van der Waals surface area (Å²) in [7, 11) is 0. The molecule has 33 heavy (non-hydrogen) atoms. The summed E-state index contributed by atoms with van der Waals surface area (Å²) in [5, 5.41) is 0. The topological polar surface area (TPSA) is 29.5 Å². The van der Waals surface area contributed by atoms with E-state index < -0.39 is 0 Å². The zero-order valence-corrected chi connectivity index (χ0v) is 19.7. The number of carbonyl (C=O) groups is 1. The van der Waals surface area contributed by atoms with Crippen molar-refractivity contribution in [2.24, 2.45) is 17.8 Å². The maximum Gasteiger partial charge on any atom is 0.410 e. The SMILES string of the molecule is O=C(OCc1ccccc1)N1CC[C@@H]2CCC[C@@]21[C@@H](/C=C/c1ccccc1)C1CCCCC1. The minimum atomic E-state index is -0.114. The van der Waals surface area contributed by atoms with Gasteiger partial charge in [-0.3, -0.25) is 0 Å².